The Morgan fingerprint density at radius 1 is 1.50 bits per heavy atom. The van der Waals surface area contributed by atoms with E-state index in [1.807, 2.05) is 0 Å². The topological polar surface area (TPSA) is 20.5 Å². The maximum Gasteiger partial charge on any atom is 0.195 e. The summed E-state index contributed by atoms with van der Waals surface area (Å²) in [7, 11) is 0. The van der Waals surface area contributed by atoms with Crippen LogP contribution in [-0.2, 0) is 5.33 Å². The van der Waals surface area contributed by atoms with Crippen LogP contribution in [0, 0.1) is 5.41 Å². The van der Waals surface area contributed by atoms with Crippen molar-refractivity contribution in [3.63, 3.8) is 0 Å². The first-order chi connectivity index (χ1) is 8.61. The third kappa shape index (κ3) is 2.07. The molecule has 0 spiro atoms. The van der Waals surface area contributed by atoms with E-state index in [9.17, 15) is 0 Å². The highest BCUT2D eigenvalue weighted by molar-refractivity contribution is 9.08. The predicted molar refractivity (Wildman–Crippen MR) is 80.9 cm³/mol. The maximum atomic E-state index is 4.81. The average Bonchev–Trinajstić information content (AvgIpc) is 2.86. The lowest BCUT2D eigenvalue weighted by molar-refractivity contribution is 0.292. The average molecular weight is 328 g/mol. The molecule has 0 aromatic carbocycles. The normalized spacial score (nSPS) is 19.6. The van der Waals surface area contributed by atoms with E-state index in [1.54, 1.807) is 11.3 Å². The Balaban J connectivity index is 2.00. The Morgan fingerprint density at radius 2 is 2.33 bits per heavy atom. The van der Waals surface area contributed by atoms with E-state index in [2.05, 4.69) is 50.7 Å². The van der Waals surface area contributed by atoms with E-state index >= 15 is 0 Å². The van der Waals surface area contributed by atoms with Crippen LogP contribution in [0.2, 0.25) is 0 Å². The van der Waals surface area contributed by atoms with Gasteiger partial charge in [0.1, 0.15) is 0 Å². The van der Waals surface area contributed by atoms with E-state index in [1.165, 1.54) is 24.4 Å². The van der Waals surface area contributed by atoms with Crippen LogP contribution in [0.1, 0.15) is 32.4 Å². The molecule has 1 saturated heterocycles. The SMILES string of the molecule is CC1(C)CCCN(c2nc3sccn3c2CBr)C1. The van der Waals surface area contributed by atoms with Gasteiger partial charge in [-0.05, 0) is 18.3 Å². The van der Waals surface area contributed by atoms with E-state index in [0.717, 1.165) is 23.4 Å². The highest BCUT2D eigenvalue weighted by Gasteiger charge is 2.29. The highest BCUT2D eigenvalue weighted by Crippen LogP contribution is 2.34. The summed E-state index contributed by atoms with van der Waals surface area (Å²) >= 11 is 5.31. The molecule has 3 nitrogen and oxygen atoms in total. The van der Waals surface area contributed by atoms with Gasteiger partial charge in [0.25, 0.3) is 0 Å². The Labute approximate surface area is 120 Å². The van der Waals surface area contributed by atoms with Crippen molar-refractivity contribution in [2.45, 2.75) is 32.0 Å². The highest BCUT2D eigenvalue weighted by atomic mass is 79.9. The summed E-state index contributed by atoms with van der Waals surface area (Å²) in [6.07, 6.45) is 4.69. The van der Waals surface area contributed by atoms with Crippen molar-refractivity contribution >= 4 is 38.0 Å². The molecule has 0 N–H and O–H groups in total. The van der Waals surface area contributed by atoms with Crippen molar-refractivity contribution in [3.8, 4) is 0 Å². The molecule has 5 heteroatoms. The minimum atomic E-state index is 0.402. The summed E-state index contributed by atoms with van der Waals surface area (Å²) in [5.41, 5.74) is 1.68. The van der Waals surface area contributed by atoms with Crippen molar-refractivity contribution in [1.29, 1.82) is 0 Å². The largest absolute Gasteiger partial charge is 0.355 e. The molecule has 0 saturated carbocycles. The standard InChI is InChI=1S/C13H18BrN3S/c1-13(2)4-3-5-16(9-13)11-10(8-14)17-6-7-18-12(17)15-11/h6-7H,3-5,8-9H2,1-2H3. The number of piperidine rings is 1. The quantitative estimate of drug-likeness (QED) is 0.779. The third-order valence-electron chi connectivity index (χ3n) is 3.67. The van der Waals surface area contributed by atoms with Crippen LogP contribution in [0.4, 0.5) is 5.82 Å². The monoisotopic (exact) mass is 327 g/mol. The number of fused-ring (bicyclic) bond motifs is 1. The number of halogens is 1. The van der Waals surface area contributed by atoms with Crippen molar-refractivity contribution in [1.82, 2.24) is 9.38 Å². The molecule has 0 unspecified atom stereocenters. The molecule has 1 aliphatic rings. The molecule has 0 bridgehead atoms. The minimum Gasteiger partial charge on any atom is -0.355 e. The van der Waals surface area contributed by atoms with E-state index in [0.29, 0.717) is 5.41 Å². The van der Waals surface area contributed by atoms with E-state index in [-0.39, 0.29) is 0 Å². The predicted octanol–water partition coefficient (Wildman–Crippen LogP) is 3.92. The maximum absolute atomic E-state index is 4.81. The number of anilines is 1. The van der Waals surface area contributed by atoms with Crippen LogP contribution in [0.3, 0.4) is 0 Å². The Hall–Kier alpha value is -0.550. The fourth-order valence-electron chi connectivity index (χ4n) is 2.80. The van der Waals surface area contributed by atoms with Crippen LogP contribution in [0.5, 0.6) is 0 Å². The van der Waals surface area contributed by atoms with E-state index in [4.69, 9.17) is 4.98 Å². The first kappa shape index (κ1) is 12.5. The number of hydrogen-bond acceptors (Lipinski definition) is 3. The molecule has 0 radical (unpaired) electrons. The van der Waals surface area contributed by atoms with Crippen LogP contribution >= 0.6 is 27.3 Å². The van der Waals surface area contributed by atoms with Crippen molar-refractivity contribution in [3.05, 3.63) is 17.3 Å². The molecular formula is C13H18BrN3S. The summed E-state index contributed by atoms with van der Waals surface area (Å²) in [5.74, 6) is 1.17. The number of aromatic nitrogens is 2. The van der Waals surface area contributed by atoms with Gasteiger partial charge in [0.2, 0.25) is 0 Å². The zero-order valence-electron chi connectivity index (χ0n) is 10.8. The molecule has 3 rings (SSSR count). The van der Waals surface area contributed by atoms with Gasteiger partial charge in [-0.1, -0.05) is 29.8 Å². The van der Waals surface area contributed by atoms with Crippen LogP contribution in [0.15, 0.2) is 11.6 Å². The zero-order valence-corrected chi connectivity index (χ0v) is 13.2. The second-order valence-corrected chi connectivity index (χ2v) is 7.19. The molecule has 18 heavy (non-hydrogen) atoms. The van der Waals surface area contributed by atoms with Crippen LogP contribution < -0.4 is 4.90 Å². The second kappa shape index (κ2) is 4.53. The van der Waals surface area contributed by atoms with Crippen molar-refractivity contribution < 1.29 is 0 Å². The van der Waals surface area contributed by atoms with Gasteiger partial charge in [-0.3, -0.25) is 4.40 Å². The Kier molecular flexibility index (Phi) is 3.14. The summed E-state index contributed by atoms with van der Waals surface area (Å²) in [4.78, 5) is 8.37. The Bertz CT molecular complexity index is 558. The fourth-order valence-corrected chi connectivity index (χ4v) is 4.05. The van der Waals surface area contributed by atoms with Gasteiger partial charge in [-0.15, -0.1) is 11.3 Å². The number of thiazole rings is 1. The van der Waals surface area contributed by atoms with Gasteiger partial charge in [0.05, 0.1) is 5.69 Å². The summed E-state index contributed by atoms with van der Waals surface area (Å²) < 4.78 is 2.20. The lowest BCUT2D eigenvalue weighted by Gasteiger charge is -2.38. The molecule has 3 heterocycles. The number of alkyl halides is 1. The number of imidazole rings is 1. The Morgan fingerprint density at radius 3 is 3.06 bits per heavy atom. The molecule has 2 aromatic rings. The van der Waals surface area contributed by atoms with Crippen molar-refractivity contribution in [2.75, 3.05) is 18.0 Å². The molecule has 0 aliphatic carbocycles. The van der Waals surface area contributed by atoms with Gasteiger partial charge >= 0.3 is 0 Å². The molecule has 0 amide bonds. The van der Waals surface area contributed by atoms with Gasteiger partial charge in [0, 0.05) is 30.0 Å². The summed E-state index contributed by atoms with van der Waals surface area (Å²) in [6, 6.07) is 0. The molecule has 0 atom stereocenters. The number of hydrogen-bond donors (Lipinski definition) is 0. The molecule has 1 aliphatic heterocycles. The molecular weight excluding hydrogens is 310 g/mol. The fraction of sp³-hybridized carbons (Fsp3) is 0.615. The number of rotatable bonds is 2. The lowest BCUT2D eigenvalue weighted by atomic mass is 9.84. The van der Waals surface area contributed by atoms with Gasteiger partial charge in [-0.25, -0.2) is 4.98 Å². The first-order valence-corrected chi connectivity index (χ1v) is 8.36. The second-order valence-electron chi connectivity index (χ2n) is 5.76. The molecule has 98 valence electrons. The first-order valence-electron chi connectivity index (χ1n) is 6.36. The smallest absolute Gasteiger partial charge is 0.195 e. The van der Waals surface area contributed by atoms with Gasteiger partial charge in [0.15, 0.2) is 10.8 Å². The molecule has 1 fully saturated rings. The lowest BCUT2D eigenvalue weighted by Crippen LogP contribution is -2.40. The van der Waals surface area contributed by atoms with Gasteiger partial charge in [-0.2, -0.15) is 0 Å². The van der Waals surface area contributed by atoms with Crippen LogP contribution in [0.25, 0.3) is 4.96 Å². The zero-order chi connectivity index (χ0) is 12.8. The third-order valence-corrected chi connectivity index (χ3v) is 4.95. The van der Waals surface area contributed by atoms with Crippen molar-refractivity contribution in [2.24, 2.45) is 5.41 Å². The van der Waals surface area contributed by atoms with Gasteiger partial charge < -0.3 is 4.90 Å². The molecule has 2 aromatic heterocycles. The number of nitrogens with zero attached hydrogens (tertiary/aromatic N) is 3. The van der Waals surface area contributed by atoms with Crippen LogP contribution in [-0.4, -0.2) is 22.5 Å². The summed E-state index contributed by atoms with van der Waals surface area (Å²) in [6.45, 7) is 6.95. The minimum absolute atomic E-state index is 0.402. The van der Waals surface area contributed by atoms with E-state index < -0.39 is 0 Å². The summed E-state index contributed by atoms with van der Waals surface area (Å²) in [5, 5.41) is 2.95.